The Morgan fingerprint density at radius 3 is 0.744 bits per heavy atom. The lowest BCUT2D eigenvalue weighted by Crippen LogP contribution is -2.81. The van der Waals surface area contributed by atoms with Gasteiger partial charge in [0.15, 0.2) is 0 Å². The molecule has 1 unspecified atom stereocenters. The summed E-state index contributed by atoms with van der Waals surface area (Å²) in [4.78, 5) is 0. The van der Waals surface area contributed by atoms with Gasteiger partial charge in [0.25, 0.3) is 0 Å². The molecule has 0 aliphatic carbocycles. The van der Waals surface area contributed by atoms with Gasteiger partial charge in [-0.3, -0.25) is 0 Å². The van der Waals surface area contributed by atoms with Crippen LogP contribution in [0.15, 0.2) is 0 Å². The molecule has 0 heterocycles. The molecule has 0 aromatic carbocycles. The van der Waals surface area contributed by atoms with Crippen LogP contribution in [0.4, 0.5) is 119 Å². The summed E-state index contributed by atoms with van der Waals surface area (Å²) in [5.74, 6) is -91.9. The lowest BCUT2D eigenvalue weighted by Gasteiger charge is -2.48. The van der Waals surface area contributed by atoms with E-state index in [0.717, 1.165) is 0 Å². The normalized spacial score (nSPS) is 18.1. The van der Waals surface area contributed by atoms with E-state index in [1.807, 2.05) is 0 Å². The number of aliphatic hydroxyl groups is 1. The predicted octanol–water partition coefficient (Wildman–Crippen LogP) is 8.55. The van der Waals surface area contributed by atoms with Crippen molar-refractivity contribution in [1.29, 1.82) is 0 Å². The Morgan fingerprint density at radius 2 is 0.512 bits per heavy atom. The van der Waals surface area contributed by atoms with Gasteiger partial charge >= 0.3 is 77.2 Å². The summed E-state index contributed by atoms with van der Waals surface area (Å²) in [6.07, 6.45) is -20.9. The Balaban J connectivity index is 7.76. The van der Waals surface area contributed by atoms with E-state index in [1.165, 1.54) is 0 Å². The van der Waals surface area contributed by atoms with E-state index in [2.05, 4.69) is 0 Å². The summed E-state index contributed by atoms with van der Waals surface area (Å²) in [5.41, 5.74) is -9.93. The summed E-state index contributed by atoms with van der Waals surface area (Å²) < 4.78 is 358. The maximum absolute atomic E-state index is 14.0. The van der Waals surface area contributed by atoms with Crippen molar-refractivity contribution in [2.24, 2.45) is 0 Å². The molecule has 0 radical (unpaired) electrons. The zero-order valence-electron chi connectivity index (χ0n) is 18.6. The van der Waals surface area contributed by atoms with Crippen molar-refractivity contribution in [3.8, 4) is 0 Å². The molecule has 260 valence electrons. The molecule has 0 saturated heterocycles. The van der Waals surface area contributed by atoms with Crippen LogP contribution in [0.1, 0.15) is 6.42 Å². The number of aliphatic hydroxyl groups excluding tert-OH is 1. The number of halogens is 27. The SMILES string of the molecule is OCCC(F)(F)C(F)(F)C(F)(F)C(F)(F)C(F)(F)C(F)(F)C(F)(F)C(F)(F)C(F)(C(F)(F)F)C(F)(F)C(F)(F)C(F)(F)F. The third-order valence-corrected chi connectivity index (χ3v) is 5.26. The molecule has 0 rings (SSSR count). The van der Waals surface area contributed by atoms with Crippen molar-refractivity contribution in [1.82, 2.24) is 0 Å². The molecule has 43 heavy (non-hydrogen) atoms. The van der Waals surface area contributed by atoms with Gasteiger partial charge < -0.3 is 5.11 Å². The Kier molecular flexibility index (Phi) is 9.59. The minimum atomic E-state index is -10.0. The van der Waals surface area contributed by atoms with Crippen LogP contribution in [0.2, 0.25) is 0 Å². The average Bonchev–Trinajstić information content (AvgIpc) is 2.75. The van der Waals surface area contributed by atoms with Gasteiger partial charge in [-0.05, 0) is 0 Å². The lowest BCUT2D eigenvalue weighted by atomic mass is 9.78. The van der Waals surface area contributed by atoms with E-state index in [4.69, 9.17) is 5.11 Å². The summed E-state index contributed by atoms with van der Waals surface area (Å²) in [6, 6.07) is 0. The highest BCUT2D eigenvalue weighted by Crippen LogP contribution is 2.69. The van der Waals surface area contributed by atoms with E-state index >= 15 is 0 Å². The minimum Gasteiger partial charge on any atom is -0.396 e. The quantitative estimate of drug-likeness (QED) is 0.201. The van der Waals surface area contributed by atoms with Gasteiger partial charge in [0.05, 0.1) is 0 Å². The van der Waals surface area contributed by atoms with Gasteiger partial charge in [-0.15, -0.1) is 0 Å². The molecule has 1 atom stereocenters. The second-order valence-electron chi connectivity index (χ2n) is 8.00. The van der Waals surface area contributed by atoms with Crippen molar-refractivity contribution in [2.45, 2.75) is 83.7 Å². The zero-order chi connectivity index (χ0) is 35.9. The number of alkyl halides is 27. The molecular formula is C15H5F27O. The summed E-state index contributed by atoms with van der Waals surface area (Å²) in [5, 5.41) is 8.03. The van der Waals surface area contributed by atoms with Crippen molar-refractivity contribution in [3.63, 3.8) is 0 Å². The molecule has 0 spiro atoms. The van der Waals surface area contributed by atoms with Crippen LogP contribution in [0, 0.1) is 0 Å². The third kappa shape index (κ3) is 4.79. The molecule has 28 heteroatoms. The van der Waals surface area contributed by atoms with Crippen LogP contribution in [0.5, 0.6) is 0 Å². The van der Waals surface area contributed by atoms with Crippen molar-refractivity contribution in [3.05, 3.63) is 0 Å². The first-order valence-corrected chi connectivity index (χ1v) is 9.27. The Hall–Kier alpha value is -1.93. The predicted molar refractivity (Wildman–Crippen MR) is 77.1 cm³/mol. The highest BCUT2D eigenvalue weighted by molar-refractivity contribution is 5.24. The highest BCUT2D eigenvalue weighted by Gasteiger charge is 3.02. The zero-order valence-corrected chi connectivity index (χ0v) is 18.6. The second-order valence-corrected chi connectivity index (χ2v) is 8.00. The van der Waals surface area contributed by atoms with Crippen molar-refractivity contribution in [2.75, 3.05) is 6.61 Å². The fraction of sp³-hybridized carbons (Fsp3) is 1.00. The van der Waals surface area contributed by atoms with Gasteiger partial charge in [0.1, 0.15) is 0 Å². The van der Waals surface area contributed by atoms with Gasteiger partial charge in [-0.25, -0.2) is 4.39 Å². The number of hydrogen-bond donors (Lipinski definition) is 1. The van der Waals surface area contributed by atoms with Crippen LogP contribution < -0.4 is 0 Å². The van der Waals surface area contributed by atoms with Gasteiger partial charge in [-0.2, -0.15) is 114 Å². The fourth-order valence-corrected chi connectivity index (χ4v) is 2.68. The molecule has 0 bridgehead atoms. The average molecular weight is 714 g/mol. The standard InChI is InChI=1S/C15H5F27O/c16-3(17,1-2-43)5(19,20)8(25,26)10(29,30)12(33,34)11(31,32)9(27,28)6(21,22)4(18,14(37,38)39)7(23,24)13(35,36)15(40,41)42/h43H,1-2H2. The van der Waals surface area contributed by atoms with E-state index in [-0.39, 0.29) is 0 Å². The first-order chi connectivity index (χ1) is 18.1. The van der Waals surface area contributed by atoms with Gasteiger partial charge in [0.2, 0.25) is 0 Å². The Labute approximate surface area is 215 Å². The van der Waals surface area contributed by atoms with Crippen LogP contribution in [-0.4, -0.2) is 89.0 Å². The van der Waals surface area contributed by atoms with E-state index in [9.17, 15) is 119 Å². The minimum absolute atomic E-state index is 2.49. The van der Waals surface area contributed by atoms with Crippen LogP contribution >= 0.6 is 0 Å². The maximum Gasteiger partial charge on any atom is 0.460 e. The molecule has 0 fully saturated rings. The monoisotopic (exact) mass is 714 g/mol. The molecule has 0 saturated carbocycles. The van der Waals surface area contributed by atoms with Crippen LogP contribution in [-0.2, 0) is 0 Å². The lowest BCUT2D eigenvalue weighted by molar-refractivity contribution is -0.490. The summed E-state index contributed by atoms with van der Waals surface area (Å²) >= 11 is 0. The van der Waals surface area contributed by atoms with Crippen molar-refractivity contribution >= 4 is 0 Å². The first-order valence-electron chi connectivity index (χ1n) is 9.27. The van der Waals surface area contributed by atoms with Crippen LogP contribution in [0.3, 0.4) is 0 Å². The van der Waals surface area contributed by atoms with E-state index < -0.39 is 90.3 Å². The van der Waals surface area contributed by atoms with E-state index in [1.54, 1.807) is 0 Å². The molecule has 1 nitrogen and oxygen atoms in total. The largest absolute Gasteiger partial charge is 0.460 e. The molecule has 0 aliphatic heterocycles. The number of rotatable bonds is 12. The molecule has 0 aromatic rings. The third-order valence-electron chi connectivity index (χ3n) is 5.26. The highest BCUT2D eigenvalue weighted by atomic mass is 19.4. The van der Waals surface area contributed by atoms with E-state index in [0.29, 0.717) is 0 Å². The Morgan fingerprint density at radius 1 is 0.279 bits per heavy atom. The molecule has 0 aromatic heterocycles. The molecular weight excluding hydrogens is 709 g/mol. The van der Waals surface area contributed by atoms with Gasteiger partial charge in [-0.1, -0.05) is 0 Å². The maximum atomic E-state index is 14.0. The first kappa shape index (κ1) is 41.1. The van der Waals surface area contributed by atoms with Gasteiger partial charge in [0, 0.05) is 13.0 Å². The number of hydrogen-bond acceptors (Lipinski definition) is 1. The molecule has 0 aliphatic rings. The molecule has 0 amide bonds. The Bertz CT molecular complexity index is 999. The molecule has 1 N–H and O–H groups in total. The summed E-state index contributed by atoms with van der Waals surface area (Å²) in [6.45, 7) is -2.49. The fourth-order valence-electron chi connectivity index (χ4n) is 2.68. The summed E-state index contributed by atoms with van der Waals surface area (Å²) in [7, 11) is 0. The topological polar surface area (TPSA) is 20.2 Å². The second kappa shape index (κ2) is 10.0. The van der Waals surface area contributed by atoms with Crippen LogP contribution in [0.25, 0.3) is 0 Å². The smallest absolute Gasteiger partial charge is 0.396 e. The van der Waals surface area contributed by atoms with Crippen molar-refractivity contribution < 1.29 is 124 Å².